The number of carbonyl (C=O) groups excluding carboxylic acids is 1. The molecule has 1 heterocycles. The number of rotatable bonds is 3. The summed E-state index contributed by atoms with van der Waals surface area (Å²) in [6, 6.07) is 0. The first-order valence-electron chi connectivity index (χ1n) is 4.78. The predicted molar refractivity (Wildman–Crippen MR) is 62.6 cm³/mol. The Morgan fingerprint density at radius 1 is 1.47 bits per heavy atom. The third-order valence-electron chi connectivity index (χ3n) is 2.19. The summed E-state index contributed by atoms with van der Waals surface area (Å²) >= 11 is 1.27. The minimum Gasteiger partial charge on any atom is -0.469 e. The smallest absolute Gasteiger partial charge is 0.418 e. The molecule has 0 saturated heterocycles. The molecule has 0 saturated carbocycles. The van der Waals surface area contributed by atoms with E-state index in [0.717, 1.165) is 13.3 Å². The summed E-state index contributed by atoms with van der Waals surface area (Å²) in [7, 11) is 1.00. The van der Waals surface area contributed by atoms with Crippen LogP contribution in [0, 0.1) is 3.57 Å². The highest BCUT2D eigenvalue weighted by atomic mass is 127. The number of hydrogen-bond donors (Lipinski definition) is 0. The van der Waals surface area contributed by atoms with E-state index in [0.29, 0.717) is 0 Å². The summed E-state index contributed by atoms with van der Waals surface area (Å²) < 4.78 is 67.9. The molecule has 19 heavy (non-hydrogen) atoms. The average molecular weight is 395 g/mol. The highest BCUT2D eigenvalue weighted by Crippen LogP contribution is 2.40. The van der Waals surface area contributed by atoms with Crippen LogP contribution in [-0.4, -0.2) is 18.1 Å². The van der Waals surface area contributed by atoms with Crippen molar-refractivity contribution in [3.05, 3.63) is 26.6 Å². The Morgan fingerprint density at radius 3 is 2.47 bits per heavy atom. The number of alkyl halides is 5. The van der Waals surface area contributed by atoms with Crippen LogP contribution in [0.4, 0.5) is 22.0 Å². The summed E-state index contributed by atoms with van der Waals surface area (Å²) in [5, 5.41) is 0. The van der Waals surface area contributed by atoms with Crippen LogP contribution >= 0.6 is 22.6 Å². The lowest BCUT2D eigenvalue weighted by Gasteiger charge is -2.16. The van der Waals surface area contributed by atoms with Gasteiger partial charge in [0.2, 0.25) is 0 Å². The number of esters is 1. The molecule has 3 nitrogen and oxygen atoms in total. The van der Waals surface area contributed by atoms with Crippen molar-refractivity contribution in [1.82, 2.24) is 4.98 Å². The van der Waals surface area contributed by atoms with Crippen molar-refractivity contribution in [3.63, 3.8) is 0 Å². The fourth-order valence-electron chi connectivity index (χ4n) is 1.41. The summed E-state index contributed by atoms with van der Waals surface area (Å²) in [5.41, 5.74) is -3.36. The van der Waals surface area contributed by atoms with Crippen molar-refractivity contribution in [2.24, 2.45) is 0 Å². The monoisotopic (exact) mass is 395 g/mol. The summed E-state index contributed by atoms with van der Waals surface area (Å²) in [4.78, 5) is 14.5. The van der Waals surface area contributed by atoms with E-state index in [1.165, 1.54) is 22.6 Å². The molecular formula is C10H7F5INO2. The van der Waals surface area contributed by atoms with E-state index in [2.05, 4.69) is 9.72 Å². The Morgan fingerprint density at radius 2 is 2.05 bits per heavy atom. The van der Waals surface area contributed by atoms with Gasteiger partial charge in [-0.3, -0.25) is 9.78 Å². The second kappa shape index (κ2) is 5.97. The normalized spacial score (nSPS) is 11.8. The van der Waals surface area contributed by atoms with Crippen LogP contribution in [0.25, 0.3) is 0 Å². The molecule has 0 spiro atoms. The number of hydrogen-bond acceptors (Lipinski definition) is 3. The zero-order chi connectivity index (χ0) is 14.8. The predicted octanol–water partition coefficient (Wildman–Crippen LogP) is 3.36. The van der Waals surface area contributed by atoms with Crippen LogP contribution in [0.2, 0.25) is 0 Å². The number of aromatic nitrogens is 1. The van der Waals surface area contributed by atoms with Crippen molar-refractivity contribution in [2.45, 2.75) is 19.0 Å². The van der Waals surface area contributed by atoms with Crippen LogP contribution < -0.4 is 0 Å². The maximum Gasteiger partial charge on any atom is 0.418 e. The fraction of sp³-hybridized carbons (Fsp3) is 0.400. The molecule has 0 atom stereocenters. The van der Waals surface area contributed by atoms with E-state index in [1.807, 2.05) is 0 Å². The van der Waals surface area contributed by atoms with Crippen LogP contribution in [0.3, 0.4) is 0 Å². The van der Waals surface area contributed by atoms with Gasteiger partial charge in [-0.25, -0.2) is 8.78 Å². The van der Waals surface area contributed by atoms with E-state index >= 15 is 0 Å². The van der Waals surface area contributed by atoms with Crippen LogP contribution in [0.15, 0.2) is 6.20 Å². The van der Waals surface area contributed by atoms with Gasteiger partial charge < -0.3 is 4.74 Å². The van der Waals surface area contributed by atoms with Crippen LogP contribution in [0.5, 0.6) is 0 Å². The minimum atomic E-state index is -4.95. The second-order valence-electron chi connectivity index (χ2n) is 3.39. The van der Waals surface area contributed by atoms with Crippen molar-refractivity contribution >= 4 is 28.6 Å². The van der Waals surface area contributed by atoms with Gasteiger partial charge in [0.15, 0.2) is 0 Å². The second-order valence-corrected chi connectivity index (χ2v) is 4.56. The quantitative estimate of drug-likeness (QED) is 0.448. The molecule has 0 N–H and O–H groups in total. The fourth-order valence-corrected chi connectivity index (χ4v) is 2.15. The van der Waals surface area contributed by atoms with Crippen LogP contribution in [-0.2, 0) is 22.1 Å². The SMILES string of the molecule is COC(=O)Cc1ncc(I)c(C(F)(F)F)c1C(F)F. The molecule has 0 bridgehead atoms. The van der Waals surface area contributed by atoms with E-state index in [4.69, 9.17) is 0 Å². The van der Waals surface area contributed by atoms with Gasteiger partial charge in [0.25, 0.3) is 6.43 Å². The third-order valence-corrected chi connectivity index (χ3v) is 3.01. The van der Waals surface area contributed by atoms with E-state index in [-0.39, 0.29) is 0 Å². The molecule has 0 radical (unpaired) electrons. The Hall–Kier alpha value is -1.00. The van der Waals surface area contributed by atoms with Crippen molar-refractivity contribution < 1.29 is 31.5 Å². The molecular weight excluding hydrogens is 388 g/mol. The Bertz CT molecular complexity index is 490. The number of ether oxygens (including phenoxy) is 1. The molecule has 0 aliphatic heterocycles. The van der Waals surface area contributed by atoms with Gasteiger partial charge in [-0.2, -0.15) is 13.2 Å². The molecule has 0 amide bonds. The number of halogens is 6. The largest absolute Gasteiger partial charge is 0.469 e. The zero-order valence-corrected chi connectivity index (χ0v) is 11.6. The van der Waals surface area contributed by atoms with Crippen molar-refractivity contribution in [2.75, 3.05) is 7.11 Å². The van der Waals surface area contributed by atoms with Crippen molar-refractivity contribution in [1.29, 1.82) is 0 Å². The number of nitrogens with zero attached hydrogens (tertiary/aromatic N) is 1. The molecule has 0 aliphatic rings. The molecule has 0 aliphatic carbocycles. The summed E-state index contributed by atoms with van der Waals surface area (Å²) in [6.45, 7) is 0. The topological polar surface area (TPSA) is 39.2 Å². The third kappa shape index (κ3) is 3.74. The standard InChI is InChI=1S/C10H7F5INO2/c1-19-6(18)2-5-7(9(11)12)8(10(13,14)15)4(16)3-17-5/h3,9H,2H2,1H3. The summed E-state index contributed by atoms with van der Waals surface area (Å²) in [6.07, 6.45) is -8.28. The van der Waals surface area contributed by atoms with Gasteiger partial charge in [-0.1, -0.05) is 0 Å². The molecule has 1 rings (SSSR count). The molecule has 0 aromatic carbocycles. The van der Waals surface area contributed by atoms with E-state index < -0.39 is 45.4 Å². The average Bonchev–Trinajstić information content (AvgIpc) is 2.28. The maximum atomic E-state index is 12.9. The lowest BCUT2D eigenvalue weighted by atomic mass is 10.0. The molecule has 106 valence electrons. The highest BCUT2D eigenvalue weighted by molar-refractivity contribution is 14.1. The molecule has 0 unspecified atom stereocenters. The van der Waals surface area contributed by atoms with Gasteiger partial charge in [-0.15, -0.1) is 0 Å². The van der Waals surface area contributed by atoms with Gasteiger partial charge in [0.1, 0.15) is 0 Å². The molecule has 0 fully saturated rings. The first-order chi connectivity index (χ1) is 8.68. The maximum absolute atomic E-state index is 12.9. The van der Waals surface area contributed by atoms with Gasteiger partial charge in [-0.05, 0) is 22.6 Å². The first kappa shape index (κ1) is 16.1. The Kier molecular flexibility index (Phi) is 5.04. The highest BCUT2D eigenvalue weighted by Gasteiger charge is 2.40. The number of pyridine rings is 1. The summed E-state index contributed by atoms with van der Waals surface area (Å²) in [5.74, 6) is -0.941. The van der Waals surface area contributed by atoms with Crippen molar-refractivity contribution in [3.8, 4) is 0 Å². The van der Waals surface area contributed by atoms with Crippen LogP contribution in [0.1, 0.15) is 23.2 Å². The first-order valence-corrected chi connectivity index (χ1v) is 5.85. The molecule has 1 aromatic heterocycles. The number of methoxy groups -OCH3 is 1. The van der Waals surface area contributed by atoms with Gasteiger partial charge >= 0.3 is 12.1 Å². The molecule has 9 heteroatoms. The Labute approximate surface area is 118 Å². The lowest BCUT2D eigenvalue weighted by Crippen LogP contribution is -2.18. The van der Waals surface area contributed by atoms with E-state index in [1.54, 1.807) is 0 Å². The van der Waals surface area contributed by atoms with E-state index in [9.17, 15) is 26.7 Å². The Balaban J connectivity index is 3.46. The number of carbonyl (C=O) groups is 1. The van der Waals surface area contributed by atoms with Gasteiger partial charge in [0, 0.05) is 9.77 Å². The zero-order valence-electron chi connectivity index (χ0n) is 9.39. The van der Waals surface area contributed by atoms with Gasteiger partial charge in [0.05, 0.1) is 30.4 Å². The molecule has 1 aromatic rings. The minimum absolute atomic E-state index is 0.450. The lowest BCUT2D eigenvalue weighted by molar-refractivity contribution is -0.142.